The van der Waals surface area contributed by atoms with E-state index in [1.165, 1.54) is 11.8 Å². The molecule has 5 nitrogen and oxygen atoms in total. The van der Waals surface area contributed by atoms with Gasteiger partial charge in [-0.05, 0) is 43.5 Å². The van der Waals surface area contributed by atoms with Crippen LogP contribution in [0.1, 0.15) is 32.1 Å². The molecule has 6 heteroatoms. The molecular formula is C18H26N2O3S. The Morgan fingerprint density at radius 3 is 2.79 bits per heavy atom. The number of rotatable bonds is 8. The zero-order valence-electron chi connectivity index (χ0n) is 14.3. The second-order valence-corrected chi connectivity index (χ2v) is 6.91. The molecule has 1 fully saturated rings. The minimum Gasteiger partial charge on any atom is -0.497 e. The molecule has 1 saturated heterocycles. The van der Waals surface area contributed by atoms with E-state index in [9.17, 15) is 9.59 Å². The third-order valence-electron chi connectivity index (χ3n) is 4.03. The van der Waals surface area contributed by atoms with Crippen LogP contribution in [0.4, 0.5) is 0 Å². The number of likely N-dealkylation sites (tertiary alicyclic amines) is 1. The molecule has 1 heterocycles. The summed E-state index contributed by atoms with van der Waals surface area (Å²) in [7, 11) is 1.63. The number of methoxy groups -OCH3 is 1. The predicted octanol–water partition coefficient (Wildman–Crippen LogP) is 2.70. The highest BCUT2D eigenvalue weighted by Gasteiger charge is 2.15. The van der Waals surface area contributed by atoms with Crippen LogP contribution in [-0.4, -0.2) is 49.2 Å². The molecule has 0 aromatic heterocycles. The third kappa shape index (κ3) is 6.43. The third-order valence-corrected chi connectivity index (χ3v) is 5.04. The van der Waals surface area contributed by atoms with Gasteiger partial charge in [0, 0.05) is 31.0 Å². The van der Waals surface area contributed by atoms with Crippen LogP contribution in [0.2, 0.25) is 0 Å². The molecule has 1 aliphatic heterocycles. The molecule has 0 radical (unpaired) electrons. The highest BCUT2D eigenvalue weighted by Crippen LogP contribution is 2.20. The van der Waals surface area contributed by atoms with Gasteiger partial charge in [-0.3, -0.25) is 9.59 Å². The van der Waals surface area contributed by atoms with E-state index in [2.05, 4.69) is 5.32 Å². The fraction of sp³-hybridized carbons (Fsp3) is 0.556. The molecule has 0 spiro atoms. The Bertz CT molecular complexity index is 534. The maximum absolute atomic E-state index is 11.9. The second kappa shape index (κ2) is 10.2. The number of benzene rings is 1. The standard InChI is InChI=1S/C18H26N2O3S/c1-23-15-7-9-16(10-8-15)24-14-17(21)19-11-5-13-20-12-4-2-3-6-18(20)22/h7-10H,2-6,11-14H2,1H3,(H,19,21). The van der Waals surface area contributed by atoms with E-state index in [1.54, 1.807) is 7.11 Å². The maximum Gasteiger partial charge on any atom is 0.230 e. The van der Waals surface area contributed by atoms with Gasteiger partial charge in [-0.1, -0.05) is 6.42 Å². The molecule has 0 saturated carbocycles. The van der Waals surface area contributed by atoms with Crippen molar-refractivity contribution in [1.82, 2.24) is 10.2 Å². The lowest BCUT2D eigenvalue weighted by Gasteiger charge is -2.20. The van der Waals surface area contributed by atoms with Gasteiger partial charge < -0.3 is 15.0 Å². The first kappa shape index (κ1) is 18.6. The van der Waals surface area contributed by atoms with Crippen LogP contribution in [0.3, 0.4) is 0 Å². The van der Waals surface area contributed by atoms with Gasteiger partial charge in [0.15, 0.2) is 0 Å². The molecular weight excluding hydrogens is 324 g/mol. The summed E-state index contributed by atoms with van der Waals surface area (Å²) in [5, 5.41) is 2.92. The molecule has 0 bridgehead atoms. The lowest BCUT2D eigenvalue weighted by Crippen LogP contribution is -2.34. The SMILES string of the molecule is COc1ccc(SCC(=O)NCCCN2CCCCCC2=O)cc1. The van der Waals surface area contributed by atoms with Crippen molar-refractivity contribution in [2.24, 2.45) is 0 Å². The summed E-state index contributed by atoms with van der Waals surface area (Å²) in [5.41, 5.74) is 0. The van der Waals surface area contributed by atoms with Gasteiger partial charge in [-0.15, -0.1) is 11.8 Å². The number of ether oxygens (including phenoxy) is 1. The van der Waals surface area contributed by atoms with Crippen molar-refractivity contribution in [1.29, 1.82) is 0 Å². The topological polar surface area (TPSA) is 58.6 Å². The zero-order chi connectivity index (χ0) is 17.2. The van der Waals surface area contributed by atoms with Gasteiger partial charge >= 0.3 is 0 Å². The first-order valence-electron chi connectivity index (χ1n) is 8.50. The zero-order valence-corrected chi connectivity index (χ0v) is 15.1. The summed E-state index contributed by atoms with van der Waals surface area (Å²) >= 11 is 1.50. The Morgan fingerprint density at radius 1 is 1.25 bits per heavy atom. The highest BCUT2D eigenvalue weighted by molar-refractivity contribution is 8.00. The number of thioether (sulfide) groups is 1. The van der Waals surface area contributed by atoms with Crippen molar-refractivity contribution in [2.75, 3.05) is 32.5 Å². The number of carbonyl (C=O) groups excluding carboxylic acids is 2. The summed E-state index contributed by atoms with van der Waals surface area (Å²) in [6.07, 6.45) is 4.72. The average molecular weight is 350 g/mol. The van der Waals surface area contributed by atoms with E-state index < -0.39 is 0 Å². The van der Waals surface area contributed by atoms with Crippen molar-refractivity contribution in [3.63, 3.8) is 0 Å². The van der Waals surface area contributed by atoms with E-state index in [0.29, 0.717) is 18.7 Å². The van der Waals surface area contributed by atoms with E-state index >= 15 is 0 Å². The highest BCUT2D eigenvalue weighted by atomic mass is 32.2. The van der Waals surface area contributed by atoms with Gasteiger partial charge in [0.1, 0.15) is 5.75 Å². The van der Waals surface area contributed by atoms with Crippen LogP contribution in [0.15, 0.2) is 29.2 Å². The lowest BCUT2D eigenvalue weighted by molar-refractivity contribution is -0.130. The summed E-state index contributed by atoms with van der Waals surface area (Å²) < 4.78 is 5.11. The predicted molar refractivity (Wildman–Crippen MR) is 96.4 cm³/mol. The molecule has 1 aliphatic rings. The Kier molecular flexibility index (Phi) is 7.95. The number of hydrogen-bond acceptors (Lipinski definition) is 4. The Morgan fingerprint density at radius 2 is 2.04 bits per heavy atom. The molecule has 1 aromatic carbocycles. The Labute approximate surface area is 148 Å². The molecule has 1 N–H and O–H groups in total. The molecule has 1 aromatic rings. The summed E-state index contributed by atoms with van der Waals surface area (Å²) in [5.74, 6) is 1.49. The van der Waals surface area contributed by atoms with Crippen LogP contribution in [0.5, 0.6) is 5.75 Å². The quantitative estimate of drug-likeness (QED) is 0.578. The van der Waals surface area contributed by atoms with E-state index in [1.807, 2.05) is 29.2 Å². The van der Waals surface area contributed by atoms with E-state index in [0.717, 1.165) is 49.4 Å². The number of nitrogens with zero attached hydrogens (tertiary/aromatic N) is 1. The molecule has 132 valence electrons. The number of nitrogens with one attached hydrogen (secondary N) is 1. The number of hydrogen-bond donors (Lipinski definition) is 1. The van der Waals surface area contributed by atoms with E-state index in [-0.39, 0.29) is 11.8 Å². The van der Waals surface area contributed by atoms with Gasteiger partial charge in [0.2, 0.25) is 11.8 Å². The first-order valence-corrected chi connectivity index (χ1v) is 9.49. The molecule has 2 rings (SSSR count). The van der Waals surface area contributed by atoms with Crippen LogP contribution >= 0.6 is 11.8 Å². The summed E-state index contributed by atoms with van der Waals surface area (Å²) in [6, 6.07) is 7.67. The maximum atomic E-state index is 11.9. The van der Waals surface area contributed by atoms with Crippen LogP contribution in [-0.2, 0) is 9.59 Å². The molecule has 24 heavy (non-hydrogen) atoms. The molecule has 0 aliphatic carbocycles. The normalized spacial score (nSPS) is 15.0. The van der Waals surface area contributed by atoms with Crippen molar-refractivity contribution in [2.45, 2.75) is 37.0 Å². The smallest absolute Gasteiger partial charge is 0.230 e. The fourth-order valence-corrected chi connectivity index (χ4v) is 3.37. The Balaban J connectivity index is 1.59. The van der Waals surface area contributed by atoms with Crippen molar-refractivity contribution in [3.05, 3.63) is 24.3 Å². The Hall–Kier alpha value is -1.69. The van der Waals surface area contributed by atoms with Crippen molar-refractivity contribution < 1.29 is 14.3 Å². The first-order chi connectivity index (χ1) is 11.7. The van der Waals surface area contributed by atoms with Gasteiger partial charge in [-0.2, -0.15) is 0 Å². The average Bonchev–Trinajstić information content (AvgIpc) is 2.81. The molecule has 2 amide bonds. The van der Waals surface area contributed by atoms with Gasteiger partial charge in [-0.25, -0.2) is 0 Å². The fourth-order valence-electron chi connectivity index (χ4n) is 2.64. The largest absolute Gasteiger partial charge is 0.497 e. The number of carbonyl (C=O) groups is 2. The summed E-state index contributed by atoms with van der Waals surface area (Å²) in [4.78, 5) is 26.7. The monoisotopic (exact) mass is 350 g/mol. The minimum absolute atomic E-state index is 0.0259. The molecule has 0 atom stereocenters. The lowest BCUT2D eigenvalue weighted by atomic mass is 10.2. The van der Waals surface area contributed by atoms with Crippen molar-refractivity contribution in [3.8, 4) is 5.75 Å². The van der Waals surface area contributed by atoms with Crippen LogP contribution < -0.4 is 10.1 Å². The minimum atomic E-state index is 0.0259. The van der Waals surface area contributed by atoms with Crippen LogP contribution in [0.25, 0.3) is 0 Å². The second-order valence-electron chi connectivity index (χ2n) is 5.86. The van der Waals surface area contributed by atoms with Gasteiger partial charge in [0.25, 0.3) is 0 Å². The van der Waals surface area contributed by atoms with E-state index in [4.69, 9.17) is 4.74 Å². The van der Waals surface area contributed by atoms with Gasteiger partial charge in [0.05, 0.1) is 12.9 Å². The summed E-state index contributed by atoms with van der Waals surface area (Å²) in [6.45, 7) is 2.22. The number of amides is 2. The molecule has 0 unspecified atom stereocenters. The van der Waals surface area contributed by atoms with Crippen molar-refractivity contribution >= 4 is 23.6 Å². The van der Waals surface area contributed by atoms with Crippen LogP contribution in [0, 0.1) is 0 Å².